The normalized spacial score (nSPS) is 25.9. The van der Waals surface area contributed by atoms with Crippen molar-refractivity contribution in [3.05, 3.63) is 48.5 Å². The summed E-state index contributed by atoms with van der Waals surface area (Å²) in [6.07, 6.45) is 3.56. The highest BCUT2D eigenvalue weighted by molar-refractivity contribution is 6.00. The molecule has 2 saturated carbocycles. The molecule has 2 fully saturated rings. The number of anilines is 4. The fourth-order valence-electron chi connectivity index (χ4n) is 4.48. The maximum atomic E-state index is 13.0. The molecule has 0 aliphatic heterocycles. The molecule has 6 nitrogen and oxygen atoms in total. The predicted octanol–water partition coefficient (Wildman–Crippen LogP) is 3.38. The second-order valence-corrected chi connectivity index (χ2v) is 7.89. The van der Waals surface area contributed by atoms with Gasteiger partial charge in [-0.05, 0) is 80.6 Å². The smallest absolute Gasteiger partial charge is 0.230 e. The number of fused-ring (bicyclic) bond motifs is 2. The van der Waals surface area contributed by atoms with E-state index in [1.165, 1.54) is 0 Å². The second kappa shape index (κ2) is 6.30. The molecule has 2 amide bonds. The van der Waals surface area contributed by atoms with E-state index in [-0.39, 0.29) is 11.8 Å². The molecule has 4 rings (SSSR count). The Labute approximate surface area is 158 Å². The quantitative estimate of drug-likeness (QED) is 0.623. The van der Waals surface area contributed by atoms with Crippen molar-refractivity contribution in [1.29, 1.82) is 0 Å². The van der Waals surface area contributed by atoms with Crippen molar-refractivity contribution in [3.63, 3.8) is 0 Å². The second-order valence-electron chi connectivity index (χ2n) is 7.89. The Bertz CT molecular complexity index is 793. The van der Waals surface area contributed by atoms with Crippen LogP contribution in [-0.2, 0) is 9.59 Å². The Morgan fingerprint density at radius 1 is 0.667 bits per heavy atom. The molecule has 2 aromatic carbocycles. The molecule has 0 spiro atoms. The standard InChI is InChI=1S/C21H24N4O2/c22-14-1-5-16(6-2-14)24-18(26)20-9-11-21(13-20,12-10-20)19(27)25-17-7-3-15(23)4-8-17/h1-8H,9-13,22-23H2,(H,24,26)(H,25,27). The third kappa shape index (κ3) is 3.12. The lowest BCUT2D eigenvalue weighted by molar-refractivity contribution is -0.125. The zero-order chi connectivity index (χ0) is 19.1. The fraction of sp³-hybridized carbons (Fsp3) is 0.333. The molecule has 0 aromatic heterocycles. The number of nitrogens with one attached hydrogen (secondary N) is 2. The zero-order valence-corrected chi connectivity index (χ0v) is 15.1. The number of carbonyl (C=O) groups is 2. The number of nitrogen functional groups attached to an aromatic ring is 2. The Balaban J connectivity index is 1.45. The van der Waals surface area contributed by atoms with Gasteiger partial charge in [0.1, 0.15) is 0 Å². The topological polar surface area (TPSA) is 110 Å². The number of hydrogen-bond acceptors (Lipinski definition) is 4. The minimum Gasteiger partial charge on any atom is -0.399 e. The highest BCUT2D eigenvalue weighted by atomic mass is 16.2. The minimum absolute atomic E-state index is 0.00642. The SMILES string of the molecule is Nc1ccc(NC(=O)C23CCC(C(=O)Nc4ccc(N)cc4)(CC2)C3)cc1. The van der Waals surface area contributed by atoms with Gasteiger partial charge in [0.25, 0.3) is 0 Å². The Kier molecular flexibility index (Phi) is 4.06. The molecule has 2 bridgehead atoms. The summed E-state index contributed by atoms with van der Waals surface area (Å²) in [5.74, 6) is 0.0128. The first-order valence-electron chi connectivity index (χ1n) is 9.25. The van der Waals surface area contributed by atoms with Gasteiger partial charge >= 0.3 is 0 Å². The van der Waals surface area contributed by atoms with Crippen LogP contribution in [0.5, 0.6) is 0 Å². The van der Waals surface area contributed by atoms with Crippen molar-refractivity contribution < 1.29 is 9.59 Å². The van der Waals surface area contributed by atoms with Crippen molar-refractivity contribution in [3.8, 4) is 0 Å². The number of carbonyl (C=O) groups excluding carboxylic acids is 2. The number of rotatable bonds is 4. The largest absolute Gasteiger partial charge is 0.399 e. The average molecular weight is 364 g/mol. The predicted molar refractivity (Wildman–Crippen MR) is 107 cm³/mol. The highest BCUT2D eigenvalue weighted by Crippen LogP contribution is 2.62. The van der Waals surface area contributed by atoms with E-state index in [0.717, 1.165) is 37.1 Å². The molecule has 0 radical (unpaired) electrons. The van der Waals surface area contributed by atoms with E-state index in [1.807, 2.05) is 0 Å². The van der Waals surface area contributed by atoms with Gasteiger partial charge in [-0.25, -0.2) is 0 Å². The fourth-order valence-corrected chi connectivity index (χ4v) is 4.48. The molecule has 0 unspecified atom stereocenters. The van der Waals surface area contributed by atoms with Gasteiger partial charge in [0.2, 0.25) is 11.8 Å². The maximum absolute atomic E-state index is 13.0. The number of benzene rings is 2. The Morgan fingerprint density at radius 3 is 1.33 bits per heavy atom. The molecule has 140 valence electrons. The van der Waals surface area contributed by atoms with Gasteiger partial charge in [-0.15, -0.1) is 0 Å². The molecule has 6 N–H and O–H groups in total. The Morgan fingerprint density at radius 2 is 1.00 bits per heavy atom. The van der Waals surface area contributed by atoms with E-state index in [1.54, 1.807) is 48.5 Å². The summed E-state index contributed by atoms with van der Waals surface area (Å²) in [5, 5.41) is 6.00. The Hall–Kier alpha value is -3.02. The van der Waals surface area contributed by atoms with Gasteiger partial charge < -0.3 is 22.1 Å². The molecule has 2 aromatic rings. The lowest BCUT2D eigenvalue weighted by Gasteiger charge is -2.26. The van der Waals surface area contributed by atoms with E-state index in [4.69, 9.17) is 11.5 Å². The van der Waals surface area contributed by atoms with Crippen molar-refractivity contribution in [2.45, 2.75) is 32.1 Å². The molecule has 0 saturated heterocycles. The van der Waals surface area contributed by atoms with Gasteiger partial charge in [-0.2, -0.15) is 0 Å². The van der Waals surface area contributed by atoms with Gasteiger partial charge in [0, 0.05) is 22.7 Å². The van der Waals surface area contributed by atoms with Crippen LogP contribution in [0.2, 0.25) is 0 Å². The van der Waals surface area contributed by atoms with E-state index in [2.05, 4.69) is 10.6 Å². The number of hydrogen-bond donors (Lipinski definition) is 4. The van der Waals surface area contributed by atoms with Gasteiger partial charge in [0.15, 0.2) is 0 Å². The molecule has 0 heterocycles. The first-order valence-corrected chi connectivity index (χ1v) is 9.25. The molecular formula is C21H24N4O2. The molecular weight excluding hydrogens is 340 g/mol. The van der Waals surface area contributed by atoms with Gasteiger partial charge in [-0.3, -0.25) is 9.59 Å². The summed E-state index contributed by atoms with van der Waals surface area (Å²) in [4.78, 5) is 25.9. The monoisotopic (exact) mass is 364 g/mol. The summed E-state index contributed by atoms with van der Waals surface area (Å²) in [6.45, 7) is 0. The third-order valence-corrected chi connectivity index (χ3v) is 6.14. The van der Waals surface area contributed by atoms with Crippen LogP contribution in [-0.4, -0.2) is 11.8 Å². The van der Waals surface area contributed by atoms with Crippen LogP contribution >= 0.6 is 0 Å². The van der Waals surface area contributed by atoms with E-state index >= 15 is 0 Å². The molecule has 27 heavy (non-hydrogen) atoms. The summed E-state index contributed by atoms with van der Waals surface area (Å²) in [7, 11) is 0. The van der Waals surface area contributed by atoms with Crippen LogP contribution in [0.3, 0.4) is 0 Å². The van der Waals surface area contributed by atoms with Crippen LogP contribution in [0.4, 0.5) is 22.7 Å². The minimum atomic E-state index is -0.458. The van der Waals surface area contributed by atoms with Crippen molar-refractivity contribution in [1.82, 2.24) is 0 Å². The zero-order valence-electron chi connectivity index (χ0n) is 15.1. The molecule has 6 heteroatoms. The van der Waals surface area contributed by atoms with Crippen LogP contribution in [0.15, 0.2) is 48.5 Å². The summed E-state index contributed by atoms with van der Waals surface area (Å²) in [5.41, 5.74) is 13.3. The van der Waals surface area contributed by atoms with Gasteiger partial charge in [-0.1, -0.05) is 0 Å². The van der Waals surface area contributed by atoms with Crippen LogP contribution in [0.25, 0.3) is 0 Å². The maximum Gasteiger partial charge on any atom is 0.230 e. The van der Waals surface area contributed by atoms with Crippen molar-refractivity contribution in [2.75, 3.05) is 22.1 Å². The van der Waals surface area contributed by atoms with E-state index in [9.17, 15) is 9.59 Å². The third-order valence-electron chi connectivity index (χ3n) is 6.14. The summed E-state index contributed by atoms with van der Waals surface area (Å²) >= 11 is 0. The summed E-state index contributed by atoms with van der Waals surface area (Å²) < 4.78 is 0. The van der Waals surface area contributed by atoms with E-state index < -0.39 is 10.8 Å². The first kappa shape index (κ1) is 17.4. The molecule has 2 aliphatic carbocycles. The van der Waals surface area contributed by atoms with Crippen LogP contribution < -0.4 is 22.1 Å². The van der Waals surface area contributed by atoms with Crippen LogP contribution in [0, 0.1) is 10.8 Å². The molecule has 0 atom stereocenters. The van der Waals surface area contributed by atoms with Gasteiger partial charge in [0.05, 0.1) is 10.8 Å². The first-order chi connectivity index (χ1) is 12.9. The lowest BCUT2D eigenvalue weighted by Crippen LogP contribution is -2.32. The number of nitrogens with two attached hydrogens (primary N) is 2. The van der Waals surface area contributed by atoms with E-state index in [0.29, 0.717) is 17.8 Å². The highest BCUT2D eigenvalue weighted by Gasteiger charge is 2.61. The average Bonchev–Trinajstić information content (AvgIpc) is 3.25. The van der Waals surface area contributed by atoms with Crippen molar-refractivity contribution in [2.24, 2.45) is 10.8 Å². The summed E-state index contributed by atoms with van der Waals surface area (Å²) in [6, 6.07) is 14.3. The van der Waals surface area contributed by atoms with Crippen molar-refractivity contribution >= 4 is 34.6 Å². The molecule has 2 aliphatic rings. The van der Waals surface area contributed by atoms with Crippen LogP contribution in [0.1, 0.15) is 32.1 Å². The lowest BCUT2D eigenvalue weighted by atomic mass is 9.81. The number of amides is 2.